The van der Waals surface area contributed by atoms with Crippen molar-refractivity contribution in [2.45, 2.75) is 31.7 Å². The van der Waals surface area contributed by atoms with E-state index in [4.69, 9.17) is 0 Å². The van der Waals surface area contributed by atoms with Crippen LogP contribution in [-0.4, -0.2) is 35.6 Å². The van der Waals surface area contributed by atoms with Crippen LogP contribution in [0.4, 0.5) is 5.95 Å². The Labute approximate surface area is 126 Å². The number of aromatic nitrogens is 2. The van der Waals surface area contributed by atoms with Crippen LogP contribution in [0.3, 0.4) is 0 Å². The fourth-order valence-corrected chi connectivity index (χ4v) is 4.19. The Morgan fingerprint density at radius 1 is 1.10 bits per heavy atom. The van der Waals surface area contributed by atoms with Crippen molar-refractivity contribution in [3.8, 4) is 0 Å². The minimum absolute atomic E-state index is 0.674. The van der Waals surface area contributed by atoms with Gasteiger partial charge in [0.25, 0.3) is 0 Å². The number of anilines is 1. The third kappa shape index (κ3) is 2.82. The lowest BCUT2D eigenvalue weighted by Crippen LogP contribution is -2.44. The zero-order valence-electron chi connectivity index (χ0n) is 12.5. The van der Waals surface area contributed by atoms with Gasteiger partial charge < -0.3 is 10.2 Å². The smallest absolute Gasteiger partial charge is 0.225 e. The van der Waals surface area contributed by atoms with Gasteiger partial charge in [0.2, 0.25) is 5.95 Å². The van der Waals surface area contributed by atoms with E-state index in [9.17, 15) is 0 Å². The van der Waals surface area contributed by atoms with E-state index < -0.39 is 0 Å². The van der Waals surface area contributed by atoms with Crippen molar-refractivity contribution in [3.63, 3.8) is 0 Å². The first-order valence-corrected chi connectivity index (χ1v) is 8.32. The molecule has 0 radical (unpaired) electrons. The quantitative estimate of drug-likeness (QED) is 0.861. The Bertz CT molecular complexity index is 493. The average Bonchev–Trinajstić information content (AvgIpc) is 3.17. The number of allylic oxidation sites excluding steroid dienone is 2. The molecule has 0 amide bonds. The molecule has 1 aromatic heterocycles. The van der Waals surface area contributed by atoms with Crippen molar-refractivity contribution >= 4 is 5.95 Å². The molecule has 1 saturated carbocycles. The summed E-state index contributed by atoms with van der Waals surface area (Å²) in [4.78, 5) is 11.0. The van der Waals surface area contributed by atoms with Gasteiger partial charge in [-0.2, -0.15) is 0 Å². The lowest BCUT2D eigenvalue weighted by molar-refractivity contribution is 0.348. The summed E-state index contributed by atoms with van der Waals surface area (Å²) in [6.45, 7) is 3.34. The topological polar surface area (TPSA) is 41.0 Å². The van der Waals surface area contributed by atoms with E-state index in [1.54, 1.807) is 0 Å². The highest BCUT2D eigenvalue weighted by atomic mass is 15.3. The Kier molecular flexibility index (Phi) is 3.63. The van der Waals surface area contributed by atoms with Crippen molar-refractivity contribution < 1.29 is 0 Å². The first kappa shape index (κ1) is 13.3. The van der Waals surface area contributed by atoms with E-state index in [-0.39, 0.29) is 0 Å². The molecular formula is C17H24N4. The third-order valence-corrected chi connectivity index (χ3v) is 5.42. The van der Waals surface area contributed by atoms with E-state index in [1.807, 2.05) is 18.5 Å². The second kappa shape index (κ2) is 5.76. The molecule has 1 aliphatic heterocycles. The molecule has 2 heterocycles. The van der Waals surface area contributed by atoms with Crippen molar-refractivity contribution in [3.05, 3.63) is 30.6 Å². The summed E-state index contributed by atoms with van der Waals surface area (Å²) < 4.78 is 0. The van der Waals surface area contributed by atoms with Crippen molar-refractivity contribution in [2.24, 2.45) is 17.8 Å². The zero-order chi connectivity index (χ0) is 14.1. The molecule has 3 unspecified atom stereocenters. The largest absolute Gasteiger partial charge is 0.341 e. The average molecular weight is 284 g/mol. The van der Waals surface area contributed by atoms with Gasteiger partial charge in [-0.1, -0.05) is 12.2 Å². The molecule has 2 fully saturated rings. The second-order valence-electron chi connectivity index (χ2n) is 6.76. The molecule has 3 aliphatic rings. The number of fused-ring (bicyclic) bond motifs is 2. The van der Waals surface area contributed by atoms with Gasteiger partial charge in [0.1, 0.15) is 0 Å². The first-order valence-electron chi connectivity index (χ1n) is 8.32. The Hall–Kier alpha value is -1.42. The summed E-state index contributed by atoms with van der Waals surface area (Å²) >= 11 is 0. The van der Waals surface area contributed by atoms with Gasteiger partial charge in [0, 0.05) is 31.5 Å². The number of hydrogen-bond acceptors (Lipinski definition) is 4. The SMILES string of the molecule is C1=CC2CC1CC2CNC1CCN(c2ncccn2)CC1. The molecule has 4 nitrogen and oxygen atoms in total. The summed E-state index contributed by atoms with van der Waals surface area (Å²) in [7, 11) is 0. The standard InChI is InChI=1S/C17H24N4/c1-6-18-17(19-7-1)21-8-4-16(5-9-21)20-12-15-11-13-2-3-14(15)10-13/h1-3,6-7,13-16,20H,4-5,8-12H2. The fourth-order valence-electron chi connectivity index (χ4n) is 4.19. The first-order chi connectivity index (χ1) is 10.4. The second-order valence-corrected chi connectivity index (χ2v) is 6.76. The molecule has 4 rings (SSSR count). The van der Waals surface area contributed by atoms with Crippen molar-refractivity contribution in [2.75, 3.05) is 24.5 Å². The maximum absolute atomic E-state index is 4.35. The lowest BCUT2D eigenvalue weighted by atomic mass is 9.93. The lowest BCUT2D eigenvalue weighted by Gasteiger charge is -2.33. The Balaban J connectivity index is 1.24. The molecule has 0 spiro atoms. The van der Waals surface area contributed by atoms with Crippen LogP contribution in [-0.2, 0) is 0 Å². The number of piperidine rings is 1. The number of rotatable bonds is 4. The van der Waals surface area contributed by atoms with Gasteiger partial charge in [-0.05, 0) is 56.0 Å². The summed E-state index contributed by atoms with van der Waals surface area (Å²) in [5.74, 6) is 3.52. The number of nitrogens with one attached hydrogen (secondary N) is 1. The molecule has 2 aliphatic carbocycles. The molecule has 2 bridgehead atoms. The van der Waals surface area contributed by atoms with Crippen LogP contribution in [0.1, 0.15) is 25.7 Å². The van der Waals surface area contributed by atoms with Crippen LogP contribution < -0.4 is 10.2 Å². The highest BCUT2D eigenvalue weighted by Crippen LogP contribution is 2.43. The molecule has 112 valence electrons. The van der Waals surface area contributed by atoms with Crippen molar-refractivity contribution in [1.29, 1.82) is 0 Å². The predicted molar refractivity (Wildman–Crippen MR) is 84.1 cm³/mol. The molecule has 1 aromatic rings. The molecule has 3 atom stereocenters. The molecule has 21 heavy (non-hydrogen) atoms. The molecule has 4 heteroatoms. The highest BCUT2D eigenvalue weighted by molar-refractivity contribution is 5.29. The van der Waals surface area contributed by atoms with Crippen LogP contribution >= 0.6 is 0 Å². The fraction of sp³-hybridized carbons (Fsp3) is 0.647. The number of hydrogen-bond donors (Lipinski definition) is 1. The van der Waals surface area contributed by atoms with E-state index in [0.717, 1.165) is 36.8 Å². The minimum Gasteiger partial charge on any atom is -0.341 e. The maximum atomic E-state index is 4.35. The van der Waals surface area contributed by atoms with Gasteiger partial charge in [-0.3, -0.25) is 0 Å². The maximum Gasteiger partial charge on any atom is 0.225 e. The van der Waals surface area contributed by atoms with Gasteiger partial charge in [0.15, 0.2) is 0 Å². The normalized spacial score (nSPS) is 32.0. The molecule has 0 aromatic carbocycles. The minimum atomic E-state index is 0.674. The van der Waals surface area contributed by atoms with E-state index in [0.29, 0.717) is 6.04 Å². The van der Waals surface area contributed by atoms with Gasteiger partial charge in [0.05, 0.1) is 0 Å². The Morgan fingerprint density at radius 3 is 2.57 bits per heavy atom. The van der Waals surface area contributed by atoms with Crippen LogP contribution in [0, 0.1) is 17.8 Å². The van der Waals surface area contributed by atoms with E-state index in [1.165, 1.54) is 32.2 Å². The van der Waals surface area contributed by atoms with Crippen molar-refractivity contribution in [1.82, 2.24) is 15.3 Å². The van der Waals surface area contributed by atoms with Gasteiger partial charge >= 0.3 is 0 Å². The summed E-state index contributed by atoms with van der Waals surface area (Å²) in [6.07, 6.45) is 13.8. The van der Waals surface area contributed by atoms with E-state index >= 15 is 0 Å². The van der Waals surface area contributed by atoms with E-state index in [2.05, 4.69) is 32.3 Å². The predicted octanol–water partition coefficient (Wildman–Crippen LogP) is 2.25. The molecule has 1 saturated heterocycles. The van der Waals surface area contributed by atoms with Crippen LogP contribution in [0.25, 0.3) is 0 Å². The summed E-state index contributed by atoms with van der Waals surface area (Å²) in [6, 6.07) is 2.55. The van der Waals surface area contributed by atoms with Crippen LogP contribution in [0.5, 0.6) is 0 Å². The summed E-state index contributed by atoms with van der Waals surface area (Å²) in [5.41, 5.74) is 0. The van der Waals surface area contributed by atoms with Gasteiger partial charge in [-0.15, -0.1) is 0 Å². The Morgan fingerprint density at radius 2 is 1.90 bits per heavy atom. The third-order valence-electron chi connectivity index (χ3n) is 5.42. The van der Waals surface area contributed by atoms with Crippen LogP contribution in [0.15, 0.2) is 30.6 Å². The monoisotopic (exact) mass is 284 g/mol. The highest BCUT2D eigenvalue weighted by Gasteiger charge is 2.35. The zero-order valence-corrected chi connectivity index (χ0v) is 12.5. The molecule has 1 N–H and O–H groups in total. The number of nitrogens with zero attached hydrogens (tertiary/aromatic N) is 3. The van der Waals surface area contributed by atoms with Gasteiger partial charge in [-0.25, -0.2) is 9.97 Å². The van der Waals surface area contributed by atoms with Crippen LogP contribution in [0.2, 0.25) is 0 Å². The molecular weight excluding hydrogens is 260 g/mol. The summed E-state index contributed by atoms with van der Waals surface area (Å²) in [5, 5.41) is 3.82.